The molecule has 0 saturated carbocycles. The molecule has 0 unspecified atom stereocenters. The molecule has 0 spiro atoms. The van der Waals surface area contributed by atoms with Crippen molar-refractivity contribution >= 4 is 11.5 Å². The maximum Gasteiger partial charge on any atom is 0.176 e. The smallest absolute Gasteiger partial charge is 0.176 e. The van der Waals surface area contributed by atoms with Gasteiger partial charge in [-0.2, -0.15) is 0 Å². The fourth-order valence-electron chi connectivity index (χ4n) is 1.72. The van der Waals surface area contributed by atoms with Crippen molar-refractivity contribution in [2.24, 2.45) is 9.98 Å². The molecular weight excluding hydrogens is 202 g/mol. The number of aliphatic imine (C=N–C) groups is 2. The molecule has 4 heteroatoms. The van der Waals surface area contributed by atoms with Crippen molar-refractivity contribution < 1.29 is 5.21 Å². The maximum absolute atomic E-state index is 9.94. The number of hydrogen-bond donors (Lipinski definition) is 1. The van der Waals surface area contributed by atoms with Crippen LogP contribution in [0.5, 0.6) is 0 Å². The molecule has 16 heavy (non-hydrogen) atoms. The standard InChI is InChI=1S/C12H15N3O/c1-12(2)14-10(11(13-3)15(12)16)9-7-5-4-6-8-9/h4-8,16H,1-3H3. The van der Waals surface area contributed by atoms with Crippen LogP contribution in [0.1, 0.15) is 19.4 Å². The molecular formula is C12H15N3O. The molecule has 0 fully saturated rings. The van der Waals surface area contributed by atoms with E-state index in [-0.39, 0.29) is 0 Å². The Morgan fingerprint density at radius 3 is 2.44 bits per heavy atom. The van der Waals surface area contributed by atoms with Gasteiger partial charge >= 0.3 is 0 Å². The summed E-state index contributed by atoms with van der Waals surface area (Å²) in [5, 5.41) is 11.0. The summed E-state index contributed by atoms with van der Waals surface area (Å²) in [4.78, 5) is 8.57. The number of hydrogen-bond acceptors (Lipinski definition) is 3. The molecule has 4 nitrogen and oxygen atoms in total. The zero-order valence-corrected chi connectivity index (χ0v) is 9.68. The SMILES string of the molecule is CN=C1C(c2ccccc2)=NC(C)(C)N1O. The molecule has 84 valence electrons. The van der Waals surface area contributed by atoms with Crippen LogP contribution >= 0.6 is 0 Å². The van der Waals surface area contributed by atoms with Gasteiger partial charge in [0.05, 0.1) is 0 Å². The van der Waals surface area contributed by atoms with Gasteiger partial charge in [-0.15, -0.1) is 0 Å². The summed E-state index contributed by atoms with van der Waals surface area (Å²) in [5.74, 6) is 0.510. The molecule has 0 bridgehead atoms. The summed E-state index contributed by atoms with van der Waals surface area (Å²) in [5.41, 5.74) is 1.04. The second kappa shape index (κ2) is 3.72. The van der Waals surface area contributed by atoms with Gasteiger partial charge < -0.3 is 0 Å². The van der Waals surface area contributed by atoms with Gasteiger partial charge in [0.15, 0.2) is 11.5 Å². The van der Waals surface area contributed by atoms with E-state index in [1.54, 1.807) is 7.05 Å². The summed E-state index contributed by atoms with van der Waals surface area (Å²) in [7, 11) is 1.65. The van der Waals surface area contributed by atoms with Gasteiger partial charge in [0.2, 0.25) is 0 Å². The van der Waals surface area contributed by atoms with E-state index in [2.05, 4.69) is 9.98 Å². The van der Waals surface area contributed by atoms with Gasteiger partial charge in [-0.3, -0.25) is 15.2 Å². The van der Waals surface area contributed by atoms with Gasteiger partial charge in [-0.05, 0) is 13.8 Å². The molecule has 1 aliphatic rings. The van der Waals surface area contributed by atoms with Crippen LogP contribution in [0.15, 0.2) is 40.3 Å². The normalized spacial score (nSPS) is 21.4. The number of benzene rings is 1. The summed E-state index contributed by atoms with van der Waals surface area (Å²) < 4.78 is 0. The van der Waals surface area contributed by atoms with Crippen molar-refractivity contribution in [3.63, 3.8) is 0 Å². The zero-order chi connectivity index (χ0) is 11.8. The van der Waals surface area contributed by atoms with Gasteiger partial charge in [-0.1, -0.05) is 30.3 Å². The molecule has 1 aromatic carbocycles. The van der Waals surface area contributed by atoms with Crippen molar-refractivity contribution in [2.75, 3.05) is 7.05 Å². The lowest BCUT2D eigenvalue weighted by Crippen LogP contribution is -2.39. The highest BCUT2D eigenvalue weighted by atomic mass is 16.5. The van der Waals surface area contributed by atoms with Crippen molar-refractivity contribution in [3.8, 4) is 0 Å². The Bertz CT molecular complexity index is 449. The Balaban J connectivity index is 2.50. The lowest BCUT2D eigenvalue weighted by atomic mass is 10.1. The number of nitrogens with zero attached hydrogens (tertiary/aromatic N) is 3. The summed E-state index contributed by atoms with van der Waals surface area (Å²) in [6.45, 7) is 3.68. The first-order valence-corrected chi connectivity index (χ1v) is 5.18. The first-order valence-electron chi connectivity index (χ1n) is 5.18. The predicted octanol–water partition coefficient (Wildman–Crippen LogP) is 1.94. The van der Waals surface area contributed by atoms with Gasteiger partial charge in [0.1, 0.15) is 5.71 Å². The molecule has 0 aliphatic carbocycles. The van der Waals surface area contributed by atoms with Crippen LogP contribution in [-0.2, 0) is 0 Å². The van der Waals surface area contributed by atoms with Crippen molar-refractivity contribution in [3.05, 3.63) is 35.9 Å². The zero-order valence-electron chi connectivity index (χ0n) is 9.68. The third-order valence-electron chi connectivity index (χ3n) is 2.58. The van der Waals surface area contributed by atoms with Crippen LogP contribution in [0.2, 0.25) is 0 Å². The highest BCUT2D eigenvalue weighted by molar-refractivity contribution is 6.48. The monoisotopic (exact) mass is 217 g/mol. The fraction of sp³-hybridized carbons (Fsp3) is 0.333. The van der Waals surface area contributed by atoms with Crippen LogP contribution in [0.4, 0.5) is 0 Å². The molecule has 2 rings (SSSR count). The Labute approximate surface area is 94.9 Å². The van der Waals surface area contributed by atoms with E-state index < -0.39 is 5.66 Å². The van der Waals surface area contributed by atoms with E-state index in [0.717, 1.165) is 16.3 Å². The molecule has 0 aromatic heterocycles. The third kappa shape index (κ3) is 1.61. The Hall–Kier alpha value is -1.68. The second-order valence-electron chi connectivity index (χ2n) is 4.18. The minimum Gasteiger partial charge on any atom is -0.285 e. The largest absolute Gasteiger partial charge is 0.285 e. The molecule has 0 amide bonds. The lowest BCUT2D eigenvalue weighted by Gasteiger charge is -2.23. The summed E-state index contributed by atoms with van der Waals surface area (Å²) in [6.07, 6.45) is 0. The van der Waals surface area contributed by atoms with Crippen LogP contribution in [0.25, 0.3) is 0 Å². The highest BCUT2D eigenvalue weighted by Crippen LogP contribution is 2.24. The quantitative estimate of drug-likeness (QED) is 0.781. The first kappa shape index (κ1) is 10.8. The fourth-order valence-corrected chi connectivity index (χ4v) is 1.72. The van der Waals surface area contributed by atoms with E-state index in [4.69, 9.17) is 0 Å². The van der Waals surface area contributed by atoms with Crippen LogP contribution in [0.3, 0.4) is 0 Å². The first-order chi connectivity index (χ1) is 7.56. The number of rotatable bonds is 1. The molecule has 0 atom stereocenters. The minimum atomic E-state index is -0.653. The van der Waals surface area contributed by atoms with E-state index in [9.17, 15) is 5.21 Å². The molecule has 0 saturated heterocycles. The summed E-state index contributed by atoms with van der Waals surface area (Å²) >= 11 is 0. The van der Waals surface area contributed by atoms with E-state index in [1.165, 1.54) is 0 Å². The maximum atomic E-state index is 9.94. The Morgan fingerprint density at radius 2 is 1.88 bits per heavy atom. The van der Waals surface area contributed by atoms with E-state index in [0.29, 0.717) is 5.84 Å². The van der Waals surface area contributed by atoms with Crippen molar-refractivity contribution in [1.82, 2.24) is 5.06 Å². The van der Waals surface area contributed by atoms with Crippen LogP contribution in [0, 0.1) is 0 Å². The van der Waals surface area contributed by atoms with Gasteiger partial charge in [-0.25, -0.2) is 5.06 Å². The third-order valence-corrected chi connectivity index (χ3v) is 2.58. The lowest BCUT2D eigenvalue weighted by molar-refractivity contribution is -0.0808. The molecule has 1 aliphatic heterocycles. The number of hydroxylamine groups is 2. The van der Waals surface area contributed by atoms with Crippen LogP contribution in [-0.4, -0.2) is 34.5 Å². The minimum absolute atomic E-state index is 0.510. The molecule has 1 N–H and O–H groups in total. The topological polar surface area (TPSA) is 48.2 Å². The van der Waals surface area contributed by atoms with E-state index >= 15 is 0 Å². The van der Waals surface area contributed by atoms with Gasteiger partial charge in [0, 0.05) is 12.6 Å². The molecule has 1 aromatic rings. The summed E-state index contributed by atoms with van der Waals surface area (Å²) in [6, 6.07) is 9.75. The average molecular weight is 217 g/mol. The molecule has 1 heterocycles. The molecule has 0 radical (unpaired) electrons. The average Bonchev–Trinajstić information content (AvgIpc) is 2.52. The van der Waals surface area contributed by atoms with Crippen molar-refractivity contribution in [2.45, 2.75) is 19.5 Å². The highest BCUT2D eigenvalue weighted by Gasteiger charge is 2.37. The predicted molar refractivity (Wildman–Crippen MR) is 64.0 cm³/mol. The van der Waals surface area contributed by atoms with Crippen LogP contribution < -0.4 is 0 Å². The number of amidine groups is 1. The van der Waals surface area contributed by atoms with Gasteiger partial charge in [0.25, 0.3) is 0 Å². The van der Waals surface area contributed by atoms with E-state index in [1.807, 2.05) is 44.2 Å². The second-order valence-corrected chi connectivity index (χ2v) is 4.18. The Morgan fingerprint density at radius 1 is 1.25 bits per heavy atom. The Kier molecular flexibility index (Phi) is 2.52. The van der Waals surface area contributed by atoms with Crippen molar-refractivity contribution in [1.29, 1.82) is 0 Å².